The van der Waals surface area contributed by atoms with Gasteiger partial charge in [-0.25, -0.2) is 18.8 Å². The number of carbonyl (C=O) groups excluding carboxylic acids is 6. The van der Waals surface area contributed by atoms with E-state index in [4.69, 9.17) is 18.9 Å². The number of pyridine rings is 1. The average Bonchev–Trinajstić information content (AvgIpc) is 3.59. The van der Waals surface area contributed by atoms with Crippen molar-refractivity contribution < 1.29 is 56.7 Å². The van der Waals surface area contributed by atoms with Crippen molar-refractivity contribution in [3.63, 3.8) is 0 Å². The fourth-order valence-electron chi connectivity index (χ4n) is 7.39. The zero-order valence-corrected chi connectivity index (χ0v) is 38.2. The quantitative estimate of drug-likeness (QED) is 0.0370. The van der Waals surface area contributed by atoms with E-state index in [-0.39, 0.29) is 41.9 Å². The molecule has 15 nitrogen and oxygen atoms in total. The number of hydrogen-bond acceptors (Lipinski definition) is 11. The van der Waals surface area contributed by atoms with Gasteiger partial charge in [0.2, 0.25) is 12.5 Å². The topological polar surface area (TPSA) is 174 Å². The number of anilines is 1. The summed E-state index contributed by atoms with van der Waals surface area (Å²) in [4.78, 5) is 82.7. The number of halogens is 1. The van der Waals surface area contributed by atoms with Crippen LogP contribution in [0.5, 0.6) is 5.75 Å². The number of benzene rings is 3. The number of nitrogens with zero attached hydrogens (tertiary/aromatic N) is 3. The SMILES string of the molecule is CC(C)(C)OC(=O)N[C@@H]1C(=O)N2C(C(=O)OC(c3ccccc3)c3ccccc3)=C(C=C3CCN(Cc4cc[n+](CC(=O)Nc5ccc(OC(=O)OC(C)(C)C)c(F)c5)cc4)C3=O)CS[C@H]12. The maximum absolute atomic E-state index is 14.7. The molecular weight excluding hydrogens is 870 g/mol. The highest BCUT2D eigenvalue weighted by Gasteiger charge is 2.55. The van der Waals surface area contributed by atoms with Crippen LogP contribution < -0.4 is 19.9 Å². The molecule has 3 aliphatic heterocycles. The van der Waals surface area contributed by atoms with Gasteiger partial charge in [0, 0.05) is 48.3 Å². The molecule has 4 heterocycles. The van der Waals surface area contributed by atoms with Crippen molar-refractivity contribution in [3.05, 3.63) is 149 Å². The Morgan fingerprint density at radius 2 is 1.52 bits per heavy atom. The van der Waals surface area contributed by atoms with Crippen molar-refractivity contribution in [1.82, 2.24) is 15.1 Å². The normalized spacial score (nSPS) is 17.8. The Morgan fingerprint density at radius 3 is 2.12 bits per heavy atom. The lowest BCUT2D eigenvalue weighted by atomic mass is 10.00. The predicted octanol–water partition coefficient (Wildman–Crippen LogP) is 7.12. The molecule has 3 aromatic carbocycles. The van der Waals surface area contributed by atoms with Crippen LogP contribution in [0.3, 0.4) is 0 Å². The number of carbonyl (C=O) groups is 6. The van der Waals surface area contributed by atoms with Crippen LogP contribution in [0, 0.1) is 5.82 Å². The number of hydrogen-bond donors (Lipinski definition) is 2. The minimum atomic E-state index is -1.05. The molecule has 66 heavy (non-hydrogen) atoms. The molecule has 0 unspecified atom stereocenters. The number of likely N-dealkylation sites (tertiary alicyclic amines) is 1. The van der Waals surface area contributed by atoms with E-state index in [1.54, 1.807) is 81.6 Å². The van der Waals surface area contributed by atoms with Gasteiger partial charge >= 0.3 is 18.2 Å². The van der Waals surface area contributed by atoms with Crippen LogP contribution in [0.1, 0.15) is 70.8 Å². The number of esters is 1. The molecule has 2 atom stereocenters. The number of fused-ring (bicyclic) bond motifs is 1. The van der Waals surface area contributed by atoms with Crippen LogP contribution in [0.4, 0.5) is 19.7 Å². The standard InChI is InChI=1S/C49H50FN5O10S/c1-48(2,3)64-46(60)52-39-43(58)55-40(45(59)63-41(31-13-9-7-10-14-31)32-15-11-8-12-16-32)34(29-66-44(39)55)25-33-21-24-54(42(33)57)27-30-19-22-53(23-20-30)28-38(56)51-35-17-18-37(36(50)26-35)62-47(61)65-49(4,5)6/h7-20,22-23,25-26,39,41,44H,21,24,27-29H2,1-6H3,(H-,51,52,56,60)/p+1/t39-,44-/m1/s1. The number of ether oxygens (including phenoxy) is 4. The zero-order chi connectivity index (χ0) is 47.3. The maximum Gasteiger partial charge on any atom is 0.514 e. The monoisotopic (exact) mass is 920 g/mol. The van der Waals surface area contributed by atoms with Gasteiger partial charge in [0.05, 0.1) is 0 Å². The molecule has 4 amide bonds. The van der Waals surface area contributed by atoms with E-state index in [9.17, 15) is 33.2 Å². The van der Waals surface area contributed by atoms with Gasteiger partial charge in [-0.05, 0) is 88.4 Å². The van der Waals surface area contributed by atoms with E-state index in [2.05, 4.69) is 10.6 Å². The second kappa shape index (κ2) is 19.6. The number of amides is 4. The first-order valence-corrected chi connectivity index (χ1v) is 22.3. The molecule has 3 aliphatic rings. The molecule has 0 radical (unpaired) electrons. The van der Waals surface area contributed by atoms with Crippen molar-refractivity contribution in [2.75, 3.05) is 17.6 Å². The highest BCUT2D eigenvalue weighted by atomic mass is 32.2. The number of β-lactam (4-membered cyclic amide) rings is 1. The predicted molar refractivity (Wildman–Crippen MR) is 241 cm³/mol. The average molecular weight is 921 g/mol. The van der Waals surface area contributed by atoms with Crippen molar-refractivity contribution in [2.45, 2.75) is 89.8 Å². The molecule has 344 valence electrons. The lowest BCUT2D eigenvalue weighted by molar-refractivity contribution is -0.684. The summed E-state index contributed by atoms with van der Waals surface area (Å²) in [5.41, 5.74) is 1.71. The van der Waals surface area contributed by atoms with Crippen molar-refractivity contribution >= 4 is 53.4 Å². The third-order valence-corrected chi connectivity index (χ3v) is 11.6. The fourth-order valence-corrected chi connectivity index (χ4v) is 8.70. The fraction of sp³-hybridized carbons (Fsp3) is 0.327. The molecule has 2 saturated heterocycles. The molecule has 0 bridgehead atoms. The number of thioether (sulfide) groups is 1. The Morgan fingerprint density at radius 1 is 0.879 bits per heavy atom. The first-order valence-electron chi connectivity index (χ1n) is 21.3. The van der Waals surface area contributed by atoms with Gasteiger partial charge in [0.25, 0.3) is 11.8 Å². The Kier molecular flexibility index (Phi) is 14.0. The van der Waals surface area contributed by atoms with Gasteiger partial charge in [-0.1, -0.05) is 60.7 Å². The van der Waals surface area contributed by atoms with Crippen LogP contribution in [-0.4, -0.2) is 80.7 Å². The van der Waals surface area contributed by atoms with Crippen LogP contribution in [0.2, 0.25) is 0 Å². The van der Waals surface area contributed by atoms with Gasteiger partial charge in [-0.2, -0.15) is 4.57 Å². The summed E-state index contributed by atoms with van der Waals surface area (Å²) in [7, 11) is 0. The molecule has 4 aromatic rings. The number of allylic oxidation sites excluding steroid dienone is 1. The van der Waals surface area contributed by atoms with E-state index in [0.29, 0.717) is 24.1 Å². The zero-order valence-electron chi connectivity index (χ0n) is 37.4. The molecular formula is C49H51FN5O10S+. The molecule has 7 rings (SSSR count). The lowest BCUT2D eigenvalue weighted by Gasteiger charge is -2.49. The van der Waals surface area contributed by atoms with Gasteiger partial charge in [-0.3, -0.25) is 19.3 Å². The highest BCUT2D eigenvalue weighted by Crippen LogP contribution is 2.43. The second-order valence-electron chi connectivity index (χ2n) is 17.8. The lowest BCUT2D eigenvalue weighted by Crippen LogP contribution is -2.70. The van der Waals surface area contributed by atoms with Crippen molar-refractivity contribution in [3.8, 4) is 5.75 Å². The molecule has 0 saturated carbocycles. The molecule has 2 fully saturated rings. The summed E-state index contributed by atoms with van der Waals surface area (Å²) in [5, 5.41) is 4.66. The third-order valence-electron chi connectivity index (χ3n) is 10.3. The molecule has 0 spiro atoms. The van der Waals surface area contributed by atoms with Gasteiger partial charge in [-0.15, -0.1) is 11.8 Å². The Hall–Kier alpha value is -7.01. The Balaban J connectivity index is 1.04. The molecule has 0 aliphatic carbocycles. The summed E-state index contributed by atoms with van der Waals surface area (Å²) in [6.45, 7) is 10.7. The largest absolute Gasteiger partial charge is 0.514 e. The molecule has 2 N–H and O–H groups in total. The smallest absolute Gasteiger partial charge is 0.448 e. The summed E-state index contributed by atoms with van der Waals surface area (Å²) in [6.07, 6.45) is 2.83. The third kappa shape index (κ3) is 11.6. The Bertz CT molecular complexity index is 2540. The van der Waals surface area contributed by atoms with Crippen molar-refractivity contribution in [1.29, 1.82) is 0 Å². The van der Waals surface area contributed by atoms with Crippen LogP contribution in [0.15, 0.2) is 126 Å². The van der Waals surface area contributed by atoms with Gasteiger partial charge in [0.1, 0.15) is 28.3 Å². The highest BCUT2D eigenvalue weighted by molar-refractivity contribution is 8.00. The van der Waals surface area contributed by atoms with E-state index < -0.39 is 64.6 Å². The maximum atomic E-state index is 14.7. The van der Waals surface area contributed by atoms with Gasteiger partial charge < -0.3 is 34.5 Å². The van der Waals surface area contributed by atoms with Crippen molar-refractivity contribution in [2.24, 2.45) is 0 Å². The van der Waals surface area contributed by atoms with E-state index in [0.717, 1.165) is 22.8 Å². The molecule has 1 aromatic heterocycles. The summed E-state index contributed by atoms with van der Waals surface area (Å²) in [6, 6.07) is 24.8. The first-order chi connectivity index (χ1) is 31.3. The van der Waals surface area contributed by atoms with Crippen LogP contribution in [-0.2, 0) is 46.5 Å². The summed E-state index contributed by atoms with van der Waals surface area (Å²) < 4.78 is 38.0. The number of alkyl carbamates (subject to hydrolysis) is 1. The minimum Gasteiger partial charge on any atom is -0.448 e. The molecule has 17 heteroatoms. The number of rotatable bonds is 12. The minimum absolute atomic E-state index is 0.00705. The summed E-state index contributed by atoms with van der Waals surface area (Å²) in [5.74, 6) is -2.89. The van der Waals surface area contributed by atoms with E-state index in [1.165, 1.54) is 28.8 Å². The van der Waals surface area contributed by atoms with E-state index >= 15 is 0 Å². The summed E-state index contributed by atoms with van der Waals surface area (Å²) >= 11 is 1.36. The van der Waals surface area contributed by atoms with Gasteiger partial charge in [0.15, 0.2) is 30.1 Å². The van der Waals surface area contributed by atoms with Crippen LogP contribution >= 0.6 is 11.8 Å². The first kappa shape index (κ1) is 47.0. The Labute approximate surface area is 385 Å². The van der Waals surface area contributed by atoms with E-state index in [1.807, 2.05) is 60.7 Å². The number of nitrogens with one attached hydrogen (secondary N) is 2. The van der Waals surface area contributed by atoms with Crippen LogP contribution in [0.25, 0.3) is 0 Å². The number of aromatic nitrogens is 1. The second-order valence-corrected chi connectivity index (χ2v) is 18.9.